The van der Waals surface area contributed by atoms with E-state index in [-0.39, 0.29) is 0 Å². The second-order valence-corrected chi connectivity index (χ2v) is 2.51. The van der Waals surface area contributed by atoms with Crippen molar-refractivity contribution in [3.63, 3.8) is 0 Å². The summed E-state index contributed by atoms with van der Waals surface area (Å²) in [6.45, 7) is 5.83. The van der Waals surface area contributed by atoms with Crippen molar-refractivity contribution in [3.8, 4) is 5.88 Å². The smallest absolute Gasteiger partial charge is 0.332 e. The molecule has 1 aromatic rings. The van der Waals surface area contributed by atoms with Crippen molar-refractivity contribution in [3.05, 3.63) is 22.8 Å². The summed E-state index contributed by atoms with van der Waals surface area (Å²) >= 11 is 0. The minimum atomic E-state index is 0.415. The Hall–Kier alpha value is -1.32. The van der Waals surface area contributed by atoms with Gasteiger partial charge >= 0.3 is 11.7 Å². The molecule has 1 heterocycles. The summed E-state index contributed by atoms with van der Waals surface area (Å²) in [4.78, 5) is 3.95. The Morgan fingerprint density at radius 2 is 2.25 bits per heavy atom. The lowest BCUT2D eigenvalue weighted by atomic mass is 10.4. The molecule has 0 aromatic carbocycles. The molecule has 4 heteroatoms. The van der Waals surface area contributed by atoms with Crippen molar-refractivity contribution in [1.29, 1.82) is 0 Å². The predicted molar refractivity (Wildman–Crippen MR) is 43.8 cm³/mol. The summed E-state index contributed by atoms with van der Waals surface area (Å²) < 4.78 is 5.94. The van der Waals surface area contributed by atoms with Gasteiger partial charge in [0.2, 0.25) is 0 Å². The van der Waals surface area contributed by atoms with Crippen molar-refractivity contribution in [2.75, 3.05) is 6.61 Å². The Kier molecular flexibility index (Phi) is 2.47. The molecule has 0 aliphatic carbocycles. The van der Waals surface area contributed by atoms with E-state index >= 15 is 0 Å². The lowest BCUT2D eigenvalue weighted by molar-refractivity contribution is -0.622. The number of aryl methyl sites for hydroxylation is 2. The third kappa shape index (κ3) is 1.64. The van der Waals surface area contributed by atoms with Gasteiger partial charge in [0.1, 0.15) is 5.69 Å². The van der Waals surface area contributed by atoms with Crippen LogP contribution in [0.4, 0.5) is 0 Å². The van der Waals surface area contributed by atoms with Crippen molar-refractivity contribution < 1.29 is 9.47 Å². The number of rotatable bonds is 2. The zero-order chi connectivity index (χ0) is 9.14. The third-order valence-corrected chi connectivity index (χ3v) is 1.51. The SMILES string of the molecule is CCOc1cc(C)[n+]([O-])c(C)n1. The molecular formula is C8H12N2O2. The fourth-order valence-electron chi connectivity index (χ4n) is 0.952. The van der Waals surface area contributed by atoms with E-state index in [1.54, 1.807) is 19.9 Å². The maximum Gasteiger partial charge on any atom is 0.332 e. The topological polar surface area (TPSA) is 49.1 Å². The van der Waals surface area contributed by atoms with Gasteiger partial charge in [0, 0.05) is 6.92 Å². The van der Waals surface area contributed by atoms with Gasteiger partial charge in [-0.05, 0) is 18.8 Å². The van der Waals surface area contributed by atoms with Gasteiger partial charge in [-0.2, -0.15) is 0 Å². The van der Waals surface area contributed by atoms with E-state index in [4.69, 9.17) is 4.74 Å². The lowest BCUT2D eigenvalue weighted by Crippen LogP contribution is -2.34. The van der Waals surface area contributed by atoms with Crippen LogP contribution in [0.5, 0.6) is 5.88 Å². The molecule has 1 rings (SSSR count). The maximum absolute atomic E-state index is 11.1. The van der Waals surface area contributed by atoms with E-state index in [9.17, 15) is 5.21 Å². The molecule has 12 heavy (non-hydrogen) atoms. The summed E-state index contributed by atoms with van der Waals surface area (Å²) in [7, 11) is 0. The van der Waals surface area contributed by atoms with Crippen molar-refractivity contribution in [2.45, 2.75) is 20.8 Å². The highest BCUT2D eigenvalue weighted by Gasteiger charge is 2.09. The van der Waals surface area contributed by atoms with Gasteiger partial charge in [-0.25, -0.2) is 4.73 Å². The summed E-state index contributed by atoms with van der Waals surface area (Å²) in [6.07, 6.45) is 0. The quantitative estimate of drug-likeness (QED) is 0.483. The fraction of sp³-hybridized carbons (Fsp3) is 0.500. The Labute approximate surface area is 71.4 Å². The summed E-state index contributed by atoms with van der Waals surface area (Å²) in [6, 6.07) is 1.63. The minimum absolute atomic E-state index is 0.415. The van der Waals surface area contributed by atoms with Gasteiger partial charge in [0.05, 0.1) is 12.7 Å². The number of hydrogen-bond acceptors (Lipinski definition) is 3. The first-order valence-electron chi connectivity index (χ1n) is 3.85. The zero-order valence-corrected chi connectivity index (χ0v) is 7.50. The largest absolute Gasteiger partial charge is 0.711 e. The monoisotopic (exact) mass is 168 g/mol. The maximum atomic E-state index is 11.1. The molecule has 0 radical (unpaired) electrons. The number of nitrogens with zero attached hydrogens (tertiary/aromatic N) is 2. The summed E-state index contributed by atoms with van der Waals surface area (Å²) in [5.74, 6) is 0.929. The molecule has 0 aliphatic heterocycles. The summed E-state index contributed by atoms with van der Waals surface area (Å²) in [5, 5.41) is 11.1. The Morgan fingerprint density at radius 1 is 1.58 bits per heavy atom. The molecule has 0 saturated heterocycles. The van der Waals surface area contributed by atoms with E-state index in [2.05, 4.69) is 4.98 Å². The molecule has 0 atom stereocenters. The lowest BCUT2D eigenvalue weighted by Gasteiger charge is -2.07. The van der Waals surface area contributed by atoms with E-state index in [0.29, 0.717) is 24.0 Å². The van der Waals surface area contributed by atoms with E-state index in [1.165, 1.54) is 0 Å². The van der Waals surface area contributed by atoms with Crippen molar-refractivity contribution in [1.82, 2.24) is 4.98 Å². The standard InChI is InChI=1S/C8H12N2O2/c1-4-12-8-5-6(2)10(11)7(3)9-8/h5H,4H2,1-3H3. The second-order valence-electron chi connectivity index (χ2n) is 2.51. The Morgan fingerprint density at radius 3 is 2.75 bits per heavy atom. The number of aromatic nitrogens is 2. The Bertz CT molecular complexity index is 263. The Balaban J connectivity index is 3.04. The van der Waals surface area contributed by atoms with Crippen molar-refractivity contribution in [2.24, 2.45) is 0 Å². The zero-order valence-electron chi connectivity index (χ0n) is 7.50. The third-order valence-electron chi connectivity index (χ3n) is 1.51. The van der Waals surface area contributed by atoms with Crippen molar-refractivity contribution >= 4 is 0 Å². The predicted octanol–water partition coefficient (Wildman–Crippen LogP) is 0.731. The van der Waals surface area contributed by atoms with E-state index < -0.39 is 0 Å². The number of hydrogen-bond donors (Lipinski definition) is 0. The molecule has 1 aromatic heterocycles. The fourth-order valence-corrected chi connectivity index (χ4v) is 0.952. The molecule has 66 valence electrons. The molecule has 0 saturated carbocycles. The molecule has 0 fully saturated rings. The van der Waals surface area contributed by atoms with Crippen LogP contribution in [0.3, 0.4) is 0 Å². The van der Waals surface area contributed by atoms with Gasteiger partial charge in [-0.1, -0.05) is 0 Å². The van der Waals surface area contributed by atoms with Crippen LogP contribution in [0.15, 0.2) is 6.07 Å². The van der Waals surface area contributed by atoms with Crippen LogP contribution < -0.4 is 9.47 Å². The highest BCUT2D eigenvalue weighted by molar-refractivity contribution is 5.10. The normalized spacial score (nSPS) is 9.92. The van der Waals surface area contributed by atoms with E-state index in [0.717, 1.165) is 4.73 Å². The second kappa shape index (κ2) is 3.38. The highest BCUT2D eigenvalue weighted by Crippen LogP contribution is 2.06. The van der Waals surface area contributed by atoms with Gasteiger partial charge in [0.25, 0.3) is 0 Å². The first kappa shape index (κ1) is 8.77. The minimum Gasteiger partial charge on any atom is -0.711 e. The first-order chi connectivity index (χ1) is 5.65. The molecule has 4 nitrogen and oxygen atoms in total. The van der Waals surface area contributed by atoms with Crippen LogP contribution in [0, 0.1) is 19.1 Å². The van der Waals surface area contributed by atoms with E-state index in [1.807, 2.05) is 6.92 Å². The molecule has 0 spiro atoms. The molecule has 0 aliphatic rings. The van der Waals surface area contributed by atoms with Gasteiger partial charge in [-0.15, -0.1) is 0 Å². The van der Waals surface area contributed by atoms with Crippen LogP contribution >= 0.6 is 0 Å². The number of ether oxygens (including phenoxy) is 1. The molecular weight excluding hydrogens is 156 g/mol. The van der Waals surface area contributed by atoms with Crippen LogP contribution in [-0.4, -0.2) is 11.6 Å². The van der Waals surface area contributed by atoms with Crippen LogP contribution in [0.2, 0.25) is 0 Å². The average Bonchev–Trinajstić information content (AvgIpc) is 2.01. The summed E-state index contributed by atoms with van der Waals surface area (Å²) in [5.41, 5.74) is 0.603. The molecule has 0 N–H and O–H groups in total. The molecule has 0 amide bonds. The van der Waals surface area contributed by atoms with Gasteiger partial charge in [-0.3, -0.25) is 0 Å². The van der Waals surface area contributed by atoms with Gasteiger partial charge < -0.3 is 9.94 Å². The molecule has 0 unspecified atom stereocenters. The van der Waals surface area contributed by atoms with Gasteiger partial charge in [0.15, 0.2) is 0 Å². The van der Waals surface area contributed by atoms with Crippen LogP contribution in [0.25, 0.3) is 0 Å². The molecule has 0 bridgehead atoms. The van der Waals surface area contributed by atoms with Crippen LogP contribution in [0.1, 0.15) is 18.4 Å². The first-order valence-corrected chi connectivity index (χ1v) is 3.85. The van der Waals surface area contributed by atoms with Crippen LogP contribution in [-0.2, 0) is 0 Å². The highest BCUT2D eigenvalue weighted by atomic mass is 16.5. The average molecular weight is 168 g/mol.